The van der Waals surface area contributed by atoms with Crippen LogP contribution in [0.2, 0.25) is 0 Å². The van der Waals surface area contributed by atoms with Gasteiger partial charge in [-0.05, 0) is 217 Å². The van der Waals surface area contributed by atoms with Crippen LogP contribution in [-0.2, 0) is 0 Å². The van der Waals surface area contributed by atoms with E-state index in [1.807, 2.05) is 26.0 Å². The van der Waals surface area contributed by atoms with Crippen LogP contribution in [0.1, 0.15) is 44.5 Å². The van der Waals surface area contributed by atoms with Gasteiger partial charge in [0.05, 0.1) is 46.5 Å². The molecule has 0 atom stereocenters. The van der Waals surface area contributed by atoms with E-state index in [0.717, 1.165) is 98.0 Å². The van der Waals surface area contributed by atoms with Gasteiger partial charge in [0.25, 0.3) is 0 Å². The zero-order valence-corrected chi connectivity index (χ0v) is 39.8. The molecule has 330 valence electrons. The van der Waals surface area contributed by atoms with Gasteiger partial charge >= 0.3 is 0 Å². The van der Waals surface area contributed by atoms with Crippen LogP contribution in [0.3, 0.4) is 0 Å². The summed E-state index contributed by atoms with van der Waals surface area (Å²) in [5, 5.41) is 57.6. The number of fused-ring (bicyclic) bond motifs is 10. The molecule has 13 aromatic rings. The lowest BCUT2D eigenvalue weighted by molar-refractivity contribution is 1.39. The van der Waals surface area contributed by atoms with Gasteiger partial charge < -0.3 is 0 Å². The lowest BCUT2D eigenvalue weighted by Crippen LogP contribution is -1.98. The van der Waals surface area contributed by atoms with Crippen molar-refractivity contribution in [2.24, 2.45) is 0 Å². The molecule has 0 fully saturated rings. The molecule has 1 aliphatic carbocycles. The first-order valence-electron chi connectivity index (χ1n) is 24.2. The number of benzene rings is 11. The highest BCUT2D eigenvalue weighted by Gasteiger charge is 2.33. The fourth-order valence-electron chi connectivity index (χ4n) is 13.1. The summed E-state index contributed by atoms with van der Waals surface area (Å²) in [7, 11) is 0. The molecule has 0 heterocycles. The van der Waals surface area contributed by atoms with Crippen molar-refractivity contribution in [3.05, 3.63) is 202 Å². The van der Waals surface area contributed by atoms with Gasteiger partial charge in [-0.25, -0.2) is 0 Å². The molecule has 4 heteroatoms. The number of nitriles is 4. The fraction of sp³-hybridized carbons (Fsp3) is 0.0588. The molecule has 0 aromatic heterocycles. The molecule has 0 radical (unpaired) electrons. The van der Waals surface area contributed by atoms with Gasteiger partial charge in [-0.15, -0.1) is 0 Å². The SMILES string of the molecule is Cc1ccccc1-c1ccc(-c2ccccc2C)c2c1-c1ccc3c4cc5c(-c6c(C)cc(C#N)cc6C#N)c6c7cccc8cccc(c6c(-c6c(C)cc(C#N)cc6C#N)c5cc4c4ccc-2c1c34)c87. The van der Waals surface area contributed by atoms with E-state index in [1.54, 1.807) is 12.1 Å². The van der Waals surface area contributed by atoms with E-state index in [1.165, 1.54) is 66.4 Å². The normalized spacial score (nSPS) is 11.8. The summed E-state index contributed by atoms with van der Waals surface area (Å²) in [5.41, 5.74) is 19.0. The maximum absolute atomic E-state index is 11.1. The highest BCUT2D eigenvalue weighted by Crippen LogP contribution is 2.59. The summed E-state index contributed by atoms with van der Waals surface area (Å²) in [4.78, 5) is 0. The average Bonchev–Trinajstić information content (AvgIpc) is 4.04. The van der Waals surface area contributed by atoms with Crippen molar-refractivity contribution >= 4 is 75.4 Å². The Balaban J connectivity index is 1.20. The van der Waals surface area contributed by atoms with Crippen LogP contribution in [-0.4, -0.2) is 0 Å². The maximum atomic E-state index is 11.1. The van der Waals surface area contributed by atoms with Crippen molar-refractivity contribution in [3.8, 4) is 91.0 Å². The van der Waals surface area contributed by atoms with Crippen molar-refractivity contribution in [3.63, 3.8) is 0 Å². The predicted molar refractivity (Wildman–Crippen MR) is 295 cm³/mol. The minimum atomic E-state index is 0.427. The van der Waals surface area contributed by atoms with Crippen molar-refractivity contribution in [1.29, 1.82) is 21.0 Å². The van der Waals surface area contributed by atoms with Gasteiger partial charge in [0, 0.05) is 11.1 Å². The maximum Gasteiger partial charge on any atom is 0.0998 e. The Morgan fingerprint density at radius 3 is 1.14 bits per heavy atom. The van der Waals surface area contributed by atoms with E-state index >= 15 is 0 Å². The molecule has 4 nitrogen and oxygen atoms in total. The monoisotopic (exact) mass is 910 g/mol. The van der Waals surface area contributed by atoms with E-state index in [-0.39, 0.29) is 0 Å². The molecular formula is C68H38N4. The lowest BCUT2D eigenvalue weighted by atomic mass is 9.81. The molecule has 0 amide bonds. The van der Waals surface area contributed by atoms with E-state index in [0.29, 0.717) is 22.3 Å². The minimum absolute atomic E-state index is 0.427. The molecule has 1 aliphatic rings. The number of hydrogen-bond acceptors (Lipinski definition) is 4. The molecule has 0 aliphatic heterocycles. The molecule has 14 rings (SSSR count). The Morgan fingerprint density at radius 1 is 0.264 bits per heavy atom. The molecule has 0 unspecified atom stereocenters. The number of hydrogen-bond donors (Lipinski definition) is 0. The van der Waals surface area contributed by atoms with Crippen LogP contribution >= 0.6 is 0 Å². The fourth-order valence-corrected chi connectivity index (χ4v) is 13.1. The van der Waals surface area contributed by atoms with Crippen LogP contribution in [0, 0.1) is 73.0 Å². The van der Waals surface area contributed by atoms with Crippen LogP contribution in [0.4, 0.5) is 0 Å². The number of rotatable bonds is 4. The number of nitrogens with zero attached hydrogens (tertiary/aromatic N) is 4. The van der Waals surface area contributed by atoms with Gasteiger partial charge in [0.15, 0.2) is 0 Å². The highest BCUT2D eigenvalue weighted by molar-refractivity contribution is 6.43. The third-order valence-corrected chi connectivity index (χ3v) is 15.9. The second-order valence-corrected chi connectivity index (χ2v) is 19.6. The summed E-state index contributed by atoms with van der Waals surface area (Å²) in [6.07, 6.45) is 0. The first kappa shape index (κ1) is 41.2. The molecule has 13 aromatic carbocycles. The Kier molecular flexibility index (Phi) is 8.48. The molecular weight excluding hydrogens is 873 g/mol. The molecule has 72 heavy (non-hydrogen) atoms. The second kappa shape index (κ2) is 14.8. The quantitative estimate of drug-likeness (QED) is 0.176. The Hall–Kier alpha value is -9.84. The van der Waals surface area contributed by atoms with E-state index in [4.69, 9.17) is 0 Å². The van der Waals surface area contributed by atoms with E-state index in [9.17, 15) is 21.0 Å². The summed E-state index contributed by atoms with van der Waals surface area (Å²) < 4.78 is 0. The summed E-state index contributed by atoms with van der Waals surface area (Å²) in [6.45, 7) is 8.39. The smallest absolute Gasteiger partial charge is 0.0998 e. The summed E-state index contributed by atoms with van der Waals surface area (Å²) in [6, 6.07) is 65.7. The van der Waals surface area contributed by atoms with Gasteiger partial charge in [-0.2, -0.15) is 21.0 Å². The lowest BCUT2D eigenvalue weighted by Gasteiger charge is -2.21. The largest absolute Gasteiger partial charge is 0.192 e. The zero-order valence-electron chi connectivity index (χ0n) is 39.8. The Bertz CT molecular complexity index is 4530. The molecule has 0 bridgehead atoms. The highest BCUT2D eigenvalue weighted by atomic mass is 14.4. The van der Waals surface area contributed by atoms with Crippen LogP contribution in [0.15, 0.2) is 158 Å². The minimum Gasteiger partial charge on any atom is -0.192 e. The molecule has 0 N–H and O–H groups in total. The summed E-state index contributed by atoms with van der Waals surface area (Å²) >= 11 is 0. The van der Waals surface area contributed by atoms with Gasteiger partial charge in [0.2, 0.25) is 0 Å². The zero-order chi connectivity index (χ0) is 48.8. The van der Waals surface area contributed by atoms with Gasteiger partial charge in [-0.1, -0.05) is 121 Å². The van der Waals surface area contributed by atoms with Crippen molar-refractivity contribution in [2.75, 3.05) is 0 Å². The van der Waals surface area contributed by atoms with Gasteiger partial charge in [-0.3, -0.25) is 0 Å². The topological polar surface area (TPSA) is 95.2 Å². The predicted octanol–water partition coefficient (Wildman–Crippen LogP) is 17.7. The van der Waals surface area contributed by atoms with E-state index in [2.05, 4.69) is 172 Å². The van der Waals surface area contributed by atoms with Crippen molar-refractivity contribution in [1.82, 2.24) is 0 Å². The third-order valence-electron chi connectivity index (χ3n) is 15.9. The van der Waals surface area contributed by atoms with Crippen molar-refractivity contribution in [2.45, 2.75) is 27.7 Å². The number of aryl methyl sites for hydroxylation is 4. The summed E-state index contributed by atoms with van der Waals surface area (Å²) in [5.74, 6) is 0. The Morgan fingerprint density at radius 2 is 0.708 bits per heavy atom. The first-order chi connectivity index (χ1) is 35.2. The molecule has 0 saturated heterocycles. The standard InChI is InChI=1S/C68H38N4/c1-35-11-5-7-15-44(35)46-19-20-47(45-16-8-6-12-36(45)2)63-53-24-22-49-55-30-57-56(29-54(55)48-21-23-52(62(46)63)64(53)61(48)49)67(58-37(3)25-39(31-69)27-42(58)33-71)65-50-17-9-13-41-14-10-18-51(60(41)50)66(65)68(57)59-38(4)26-40(32-70)28-43(59)34-72/h5-30H,1-4H3. The van der Waals surface area contributed by atoms with Crippen LogP contribution in [0.25, 0.3) is 142 Å². The molecule has 0 saturated carbocycles. The van der Waals surface area contributed by atoms with Gasteiger partial charge in [0.1, 0.15) is 0 Å². The Labute approximate surface area is 415 Å². The molecule has 0 spiro atoms. The van der Waals surface area contributed by atoms with E-state index < -0.39 is 0 Å². The average molecular weight is 911 g/mol. The second-order valence-electron chi connectivity index (χ2n) is 19.6. The van der Waals surface area contributed by atoms with Crippen LogP contribution < -0.4 is 0 Å². The first-order valence-corrected chi connectivity index (χ1v) is 24.2. The van der Waals surface area contributed by atoms with Crippen molar-refractivity contribution < 1.29 is 0 Å². The third kappa shape index (κ3) is 5.31. The van der Waals surface area contributed by atoms with Crippen LogP contribution in [0.5, 0.6) is 0 Å².